The molecule has 0 unspecified atom stereocenters. The minimum absolute atomic E-state index is 0.0364. The van der Waals surface area contributed by atoms with E-state index in [1.807, 2.05) is 27.7 Å². The van der Waals surface area contributed by atoms with Crippen LogP contribution in [0.3, 0.4) is 0 Å². The first-order valence-corrected chi connectivity index (χ1v) is 7.04. The minimum atomic E-state index is -1.27. The fraction of sp³-hybridized carbons (Fsp3) is 0.750. The Kier molecular flexibility index (Phi) is 5.20. The zero-order valence-corrected chi connectivity index (χ0v) is 14.0. The van der Waals surface area contributed by atoms with Crippen LogP contribution < -0.4 is 0 Å². The van der Waals surface area contributed by atoms with Crippen LogP contribution in [0.5, 0.6) is 0 Å². The van der Waals surface area contributed by atoms with Crippen LogP contribution in [0, 0.1) is 11.3 Å². The molecule has 0 spiro atoms. The first kappa shape index (κ1) is 17.7. The highest BCUT2D eigenvalue weighted by Crippen LogP contribution is 2.52. The highest BCUT2D eigenvalue weighted by atomic mass is 16.5. The lowest BCUT2D eigenvalue weighted by Gasteiger charge is -2.32. The number of esters is 2. The quantitative estimate of drug-likeness (QED) is 0.453. The number of carbonyl (C=O) groups excluding carboxylic acids is 2. The van der Waals surface area contributed by atoms with E-state index in [1.54, 1.807) is 7.11 Å². The summed E-state index contributed by atoms with van der Waals surface area (Å²) in [6.45, 7) is 7.90. The molecule has 0 N–H and O–H groups in total. The number of hydrogen-bond donors (Lipinski definition) is 0. The molecule has 1 atom stereocenters. The summed E-state index contributed by atoms with van der Waals surface area (Å²) in [5, 5.41) is 0. The van der Waals surface area contributed by atoms with Crippen molar-refractivity contribution in [2.24, 2.45) is 11.3 Å². The van der Waals surface area contributed by atoms with Crippen molar-refractivity contribution in [1.82, 2.24) is 0 Å². The fourth-order valence-electron chi connectivity index (χ4n) is 3.11. The highest BCUT2D eigenvalue weighted by Gasteiger charge is 2.58. The lowest BCUT2D eigenvalue weighted by atomic mass is 9.81. The molecule has 0 aliphatic heterocycles. The Bertz CT molecular complexity index is 441. The van der Waals surface area contributed by atoms with E-state index >= 15 is 0 Å². The van der Waals surface area contributed by atoms with Crippen molar-refractivity contribution in [3.63, 3.8) is 0 Å². The van der Waals surface area contributed by atoms with E-state index in [2.05, 4.69) is 0 Å². The SMILES string of the molecule is COC(=O)C1(C(=O)OC)CC(=C(C)C)[C@@H](C(C)(C)OC)C1. The van der Waals surface area contributed by atoms with Gasteiger partial charge in [0.2, 0.25) is 0 Å². The molecular weight excluding hydrogens is 272 g/mol. The topological polar surface area (TPSA) is 61.8 Å². The Morgan fingerprint density at radius 2 is 1.57 bits per heavy atom. The van der Waals surface area contributed by atoms with Crippen LogP contribution in [0.1, 0.15) is 40.5 Å². The summed E-state index contributed by atoms with van der Waals surface area (Å²) in [5.41, 5.74) is 0.421. The van der Waals surface area contributed by atoms with E-state index in [9.17, 15) is 9.59 Å². The Labute approximate surface area is 126 Å². The van der Waals surface area contributed by atoms with E-state index in [0.717, 1.165) is 11.1 Å². The van der Waals surface area contributed by atoms with Gasteiger partial charge in [0.1, 0.15) is 0 Å². The predicted molar refractivity (Wildman–Crippen MR) is 78.7 cm³/mol. The Balaban J connectivity index is 3.38. The van der Waals surface area contributed by atoms with Crippen molar-refractivity contribution in [1.29, 1.82) is 0 Å². The molecule has 0 amide bonds. The van der Waals surface area contributed by atoms with Gasteiger partial charge < -0.3 is 14.2 Å². The maximum absolute atomic E-state index is 12.3. The third-order valence-electron chi connectivity index (χ3n) is 4.63. The third kappa shape index (κ3) is 2.98. The van der Waals surface area contributed by atoms with Gasteiger partial charge in [0.25, 0.3) is 0 Å². The molecule has 21 heavy (non-hydrogen) atoms. The van der Waals surface area contributed by atoms with Gasteiger partial charge in [-0.25, -0.2) is 0 Å². The fourth-order valence-corrected chi connectivity index (χ4v) is 3.11. The molecule has 0 aromatic heterocycles. The molecule has 0 heterocycles. The van der Waals surface area contributed by atoms with Crippen LogP contribution in [0.4, 0.5) is 0 Å². The molecule has 1 saturated carbocycles. The van der Waals surface area contributed by atoms with E-state index in [1.165, 1.54) is 14.2 Å². The molecule has 5 heteroatoms. The average molecular weight is 298 g/mol. The lowest BCUT2D eigenvalue weighted by Crippen LogP contribution is -2.41. The molecule has 0 aromatic carbocycles. The summed E-state index contributed by atoms with van der Waals surface area (Å²) in [6.07, 6.45) is 0.667. The van der Waals surface area contributed by atoms with Gasteiger partial charge in [-0.2, -0.15) is 0 Å². The van der Waals surface area contributed by atoms with Gasteiger partial charge in [0.15, 0.2) is 5.41 Å². The monoisotopic (exact) mass is 298 g/mol. The number of allylic oxidation sites excluding steroid dienone is 1. The number of ether oxygens (including phenoxy) is 3. The standard InChI is InChI=1S/C16H26O5/c1-10(2)11-8-16(13(17)19-5,14(18)20-6)9-12(11)15(3,4)21-7/h12H,8-9H2,1-7H3/t12-/m0/s1. The van der Waals surface area contributed by atoms with E-state index in [-0.39, 0.29) is 5.92 Å². The largest absolute Gasteiger partial charge is 0.468 e. The van der Waals surface area contributed by atoms with Crippen molar-refractivity contribution < 1.29 is 23.8 Å². The highest BCUT2D eigenvalue weighted by molar-refractivity contribution is 6.01. The Morgan fingerprint density at radius 3 is 1.90 bits per heavy atom. The number of methoxy groups -OCH3 is 3. The van der Waals surface area contributed by atoms with Crippen molar-refractivity contribution in [3.8, 4) is 0 Å². The molecular formula is C16H26O5. The molecule has 0 saturated heterocycles. The second-order valence-electron chi connectivity index (χ2n) is 6.33. The Morgan fingerprint density at radius 1 is 1.10 bits per heavy atom. The zero-order chi connectivity index (χ0) is 16.4. The lowest BCUT2D eigenvalue weighted by molar-refractivity contribution is -0.169. The Hall–Kier alpha value is -1.36. The van der Waals surface area contributed by atoms with Gasteiger partial charge in [0.05, 0.1) is 19.8 Å². The third-order valence-corrected chi connectivity index (χ3v) is 4.63. The summed E-state index contributed by atoms with van der Waals surface area (Å²) in [7, 11) is 4.23. The van der Waals surface area contributed by atoms with Crippen LogP contribution in [-0.4, -0.2) is 38.9 Å². The zero-order valence-electron chi connectivity index (χ0n) is 14.0. The summed E-state index contributed by atoms with van der Waals surface area (Å²) >= 11 is 0. The maximum atomic E-state index is 12.3. The van der Waals surface area contributed by atoms with Gasteiger partial charge >= 0.3 is 11.9 Å². The van der Waals surface area contributed by atoms with Crippen LogP contribution >= 0.6 is 0 Å². The summed E-state index contributed by atoms with van der Waals surface area (Å²) in [4.78, 5) is 24.6. The molecule has 1 fully saturated rings. The second kappa shape index (κ2) is 6.18. The number of rotatable bonds is 4. The van der Waals surface area contributed by atoms with Gasteiger partial charge in [0, 0.05) is 13.0 Å². The first-order chi connectivity index (χ1) is 9.66. The van der Waals surface area contributed by atoms with E-state index in [4.69, 9.17) is 14.2 Å². The average Bonchev–Trinajstić information content (AvgIpc) is 2.88. The summed E-state index contributed by atoms with van der Waals surface area (Å²) in [5.74, 6) is -1.12. The second-order valence-corrected chi connectivity index (χ2v) is 6.33. The van der Waals surface area contributed by atoms with E-state index < -0.39 is 23.0 Å². The number of carbonyl (C=O) groups is 2. The predicted octanol–water partition coefficient (Wildman–Crippen LogP) is 2.49. The van der Waals surface area contributed by atoms with Gasteiger partial charge in [-0.3, -0.25) is 9.59 Å². The summed E-state index contributed by atoms with van der Waals surface area (Å²) < 4.78 is 15.3. The van der Waals surface area contributed by atoms with Crippen molar-refractivity contribution in [2.75, 3.05) is 21.3 Å². The molecule has 1 rings (SSSR count). The van der Waals surface area contributed by atoms with Crippen LogP contribution in [0.15, 0.2) is 11.1 Å². The molecule has 0 radical (unpaired) electrons. The molecule has 1 aliphatic rings. The van der Waals surface area contributed by atoms with Crippen LogP contribution in [0.2, 0.25) is 0 Å². The van der Waals surface area contributed by atoms with Crippen LogP contribution in [0.25, 0.3) is 0 Å². The molecule has 0 aromatic rings. The van der Waals surface area contributed by atoms with Crippen molar-refractivity contribution in [3.05, 3.63) is 11.1 Å². The van der Waals surface area contributed by atoms with Gasteiger partial charge in [-0.05, 0) is 40.5 Å². The van der Waals surface area contributed by atoms with Crippen LogP contribution in [-0.2, 0) is 23.8 Å². The summed E-state index contributed by atoms with van der Waals surface area (Å²) in [6, 6.07) is 0. The number of hydrogen-bond acceptors (Lipinski definition) is 5. The van der Waals surface area contributed by atoms with Gasteiger partial charge in [-0.1, -0.05) is 11.1 Å². The molecule has 120 valence electrons. The maximum Gasteiger partial charge on any atom is 0.323 e. The van der Waals surface area contributed by atoms with Gasteiger partial charge in [-0.15, -0.1) is 0 Å². The minimum Gasteiger partial charge on any atom is -0.468 e. The van der Waals surface area contributed by atoms with Crippen molar-refractivity contribution in [2.45, 2.75) is 46.1 Å². The molecule has 5 nitrogen and oxygen atoms in total. The smallest absolute Gasteiger partial charge is 0.323 e. The normalized spacial score (nSPS) is 21.1. The molecule has 0 bridgehead atoms. The first-order valence-electron chi connectivity index (χ1n) is 7.04. The van der Waals surface area contributed by atoms with Crippen molar-refractivity contribution >= 4 is 11.9 Å². The molecule has 1 aliphatic carbocycles. The van der Waals surface area contributed by atoms with E-state index in [0.29, 0.717) is 12.8 Å².